The molecule has 3 amide bonds. The Morgan fingerprint density at radius 3 is 2.55 bits per heavy atom. The Labute approximate surface area is 123 Å². The van der Waals surface area contributed by atoms with Gasteiger partial charge >= 0.3 is 12.0 Å². The van der Waals surface area contributed by atoms with Crippen molar-refractivity contribution in [2.75, 3.05) is 7.05 Å². The molecule has 0 aliphatic rings. The average Bonchev–Trinajstić information content (AvgIpc) is 2.40. The third-order valence-corrected chi connectivity index (χ3v) is 3.01. The van der Waals surface area contributed by atoms with Crippen LogP contribution in [0.3, 0.4) is 0 Å². The Morgan fingerprint density at radius 2 is 2.00 bits per heavy atom. The van der Waals surface area contributed by atoms with Crippen molar-refractivity contribution in [1.82, 2.24) is 10.6 Å². The normalized spacial score (nSPS) is 11.3. The number of hydrogen-bond acceptors (Lipinski definition) is 4. The van der Waals surface area contributed by atoms with E-state index in [4.69, 9.17) is 9.84 Å². The first-order valence-corrected chi connectivity index (χ1v) is 6.36. The summed E-state index contributed by atoms with van der Waals surface area (Å²) < 4.78 is 5.69. The number of nitrogens with one attached hydrogen (secondary N) is 2. The van der Waals surface area contributed by atoms with Gasteiger partial charge in [0.1, 0.15) is 5.75 Å². The van der Waals surface area contributed by atoms with E-state index in [1.807, 2.05) is 0 Å². The molecular weight excluding hydrogens is 332 g/mol. The van der Waals surface area contributed by atoms with E-state index in [0.717, 1.165) is 0 Å². The van der Waals surface area contributed by atoms with Crippen LogP contribution < -0.4 is 15.4 Å². The Morgan fingerprint density at radius 1 is 1.35 bits per heavy atom. The Balaban J connectivity index is 2.78. The van der Waals surface area contributed by atoms with Crippen molar-refractivity contribution in [3.05, 3.63) is 28.2 Å². The monoisotopic (exact) mass is 344 g/mol. The number of carboxylic acid groups (broad SMARTS) is 1. The van der Waals surface area contributed by atoms with Crippen LogP contribution in [0.15, 0.2) is 22.7 Å². The number of carboxylic acids is 1. The van der Waals surface area contributed by atoms with Gasteiger partial charge in [-0.05, 0) is 41.1 Å². The van der Waals surface area contributed by atoms with Crippen molar-refractivity contribution in [3.63, 3.8) is 0 Å². The van der Waals surface area contributed by atoms with Crippen molar-refractivity contribution in [2.24, 2.45) is 0 Å². The molecule has 1 unspecified atom stereocenters. The van der Waals surface area contributed by atoms with E-state index >= 15 is 0 Å². The van der Waals surface area contributed by atoms with Crippen LogP contribution >= 0.6 is 15.9 Å². The molecule has 1 aromatic rings. The quantitative estimate of drug-likeness (QED) is 0.765. The summed E-state index contributed by atoms with van der Waals surface area (Å²) in [6, 6.07) is 3.66. The number of hydrogen-bond donors (Lipinski definition) is 3. The SMILES string of the molecule is CNC(=O)NC(=O)C(C)Oc1ccc(Br)c(C(=O)O)c1. The van der Waals surface area contributed by atoms with Crippen molar-refractivity contribution in [2.45, 2.75) is 13.0 Å². The van der Waals surface area contributed by atoms with Gasteiger partial charge in [-0.2, -0.15) is 0 Å². The number of ether oxygens (including phenoxy) is 1. The summed E-state index contributed by atoms with van der Waals surface area (Å²) in [6.07, 6.45) is -0.949. The summed E-state index contributed by atoms with van der Waals surface area (Å²) in [4.78, 5) is 33.5. The van der Waals surface area contributed by atoms with Gasteiger partial charge < -0.3 is 15.2 Å². The van der Waals surface area contributed by atoms with E-state index in [1.165, 1.54) is 32.2 Å². The summed E-state index contributed by atoms with van der Waals surface area (Å²) in [5.74, 6) is -1.54. The lowest BCUT2D eigenvalue weighted by atomic mass is 10.2. The molecule has 0 radical (unpaired) electrons. The number of urea groups is 1. The minimum atomic E-state index is -1.12. The van der Waals surface area contributed by atoms with Gasteiger partial charge in [-0.1, -0.05) is 0 Å². The number of amides is 3. The standard InChI is InChI=1S/C12H13BrN2O5/c1-6(10(16)15-12(19)14-2)20-7-3-4-9(13)8(5-7)11(17)18/h3-6H,1-2H3,(H,17,18)(H2,14,15,16,19). The smallest absolute Gasteiger partial charge is 0.336 e. The third kappa shape index (κ3) is 4.23. The zero-order valence-corrected chi connectivity index (χ0v) is 12.4. The van der Waals surface area contributed by atoms with Crippen molar-refractivity contribution in [3.8, 4) is 5.75 Å². The molecule has 1 aromatic carbocycles. The van der Waals surface area contributed by atoms with E-state index in [-0.39, 0.29) is 11.3 Å². The number of benzene rings is 1. The van der Waals surface area contributed by atoms with E-state index in [1.54, 1.807) is 0 Å². The lowest BCUT2D eigenvalue weighted by Gasteiger charge is -2.14. The second-order valence-corrected chi connectivity index (χ2v) is 4.63. The second kappa shape index (κ2) is 6.90. The highest BCUT2D eigenvalue weighted by molar-refractivity contribution is 9.10. The third-order valence-electron chi connectivity index (χ3n) is 2.31. The number of imide groups is 1. The summed E-state index contributed by atoms with van der Waals surface area (Å²) in [7, 11) is 1.38. The largest absolute Gasteiger partial charge is 0.481 e. The Kier molecular flexibility index (Phi) is 5.51. The lowest BCUT2D eigenvalue weighted by Crippen LogP contribution is -2.43. The lowest BCUT2D eigenvalue weighted by molar-refractivity contribution is -0.126. The topological polar surface area (TPSA) is 105 Å². The van der Waals surface area contributed by atoms with Crippen molar-refractivity contribution in [1.29, 1.82) is 0 Å². The molecule has 0 aliphatic heterocycles. The van der Waals surface area contributed by atoms with E-state index in [2.05, 4.69) is 26.6 Å². The van der Waals surface area contributed by atoms with Crippen LogP contribution in [0.1, 0.15) is 17.3 Å². The summed E-state index contributed by atoms with van der Waals surface area (Å²) >= 11 is 3.10. The van der Waals surface area contributed by atoms with E-state index in [9.17, 15) is 14.4 Å². The van der Waals surface area contributed by atoms with Crippen LogP contribution in [-0.4, -0.2) is 36.2 Å². The Hall–Kier alpha value is -2.09. The highest BCUT2D eigenvalue weighted by atomic mass is 79.9. The van der Waals surface area contributed by atoms with Crippen molar-refractivity contribution >= 4 is 33.8 Å². The van der Waals surface area contributed by atoms with Gasteiger partial charge in [-0.25, -0.2) is 9.59 Å². The van der Waals surface area contributed by atoms with E-state index in [0.29, 0.717) is 4.47 Å². The first-order chi connectivity index (χ1) is 9.35. The summed E-state index contributed by atoms with van der Waals surface area (Å²) in [6.45, 7) is 1.45. The highest BCUT2D eigenvalue weighted by Gasteiger charge is 2.18. The Bertz CT molecular complexity index is 547. The zero-order valence-electron chi connectivity index (χ0n) is 10.8. The van der Waals surface area contributed by atoms with Crippen molar-refractivity contribution < 1.29 is 24.2 Å². The molecule has 1 rings (SSSR count). The number of carbonyl (C=O) groups is 3. The van der Waals surface area contributed by atoms with Crippen LogP contribution in [0, 0.1) is 0 Å². The maximum atomic E-state index is 11.6. The summed E-state index contributed by atoms with van der Waals surface area (Å²) in [5.41, 5.74) is 0.0152. The zero-order chi connectivity index (χ0) is 15.3. The maximum Gasteiger partial charge on any atom is 0.336 e. The molecule has 0 spiro atoms. The molecule has 0 bridgehead atoms. The maximum absolute atomic E-state index is 11.6. The van der Waals surface area contributed by atoms with Gasteiger partial charge in [0.15, 0.2) is 6.10 Å². The molecule has 1 atom stereocenters. The molecule has 3 N–H and O–H groups in total. The molecule has 8 heteroatoms. The average molecular weight is 345 g/mol. The van der Waals surface area contributed by atoms with Crippen LogP contribution in [0.4, 0.5) is 4.79 Å². The van der Waals surface area contributed by atoms with Gasteiger partial charge in [0.05, 0.1) is 5.56 Å². The fourth-order valence-electron chi connectivity index (χ4n) is 1.28. The predicted molar refractivity (Wildman–Crippen MR) is 73.8 cm³/mol. The number of carbonyl (C=O) groups excluding carboxylic acids is 2. The van der Waals surface area contributed by atoms with Gasteiger partial charge in [0.25, 0.3) is 5.91 Å². The van der Waals surface area contributed by atoms with E-state index < -0.39 is 24.0 Å². The summed E-state index contributed by atoms with van der Waals surface area (Å²) in [5, 5.41) is 13.3. The van der Waals surface area contributed by atoms with Gasteiger partial charge in [-0.3, -0.25) is 10.1 Å². The number of aromatic carboxylic acids is 1. The van der Waals surface area contributed by atoms with Crippen LogP contribution in [0.5, 0.6) is 5.75 Å². The van der Waals surface area contributed by atoms with Gasteiger partial charge in [0, 0.05) is 11.5 Å². The van der Waals surface area contributed by atoms with Crippen LogP contribution in [0.25, 0.3) is 0 Å². The number of rotatable bonds is 4. The molecule has 0 saturated heterocycles. The molecule has 0 heterocycles. The molecule has 20 heavy (non-hydrogen) atoms. The predicted octanol–water partition coefficient (Wildman–Crippen LogP) is 1.37. The molecule has 0 aromatic heterocycles. The highest BCUT2D eigenvalue weighted by Crippen LogP contribution is 2.23. The molecule has 0 fully saturated rings. The fourth-order valence-corrected chi connectivity index (χ4v) is 1.69. The minimum Gasteiger partial charge on any atom is -0.481 e. The molecule has 0 aliphatic carbocycles. The van der Waals surface area contributed by atoms with Gasteiger partial charge in [-0.15, -0.1) is 0 Å². The second-order valence-electron chi connectivity index (χ2n) is 3.78. The molecular formula is C12H13BrN2O5. The van der Waals surface area contributed by atoms with Gasteiger partial charge in [0.2, 0.25) is 0 Å². The minimum absolute atomic E-state index is 0.0152. The first-order valence-electron chi connectivity index (χ1n) is 5.57. The molecule has 7 nitrogen and oxygen atoms in total. The van der Waals surface area contributed by atoms with Crippen LogP contribution in [-0.2, 0) is 4.79 Å². The fraction of sp³-hybridized carbons (Fsp3) is 0.250. The first kappa shape index (κ1) is 16.0. The number of halogens is 1. The molecule has 108 valence electrons. The van der Waals surface area contributed by atoms with Crippen LogP contribution in [0.2, 0.25) is 0 Å². The molecule has 0 saturated carbocycles.